The number of nitrogens with zero attached hydrogens (tertiary/aromatic N) is 4. The fourth-order valence-electron chi connectivity index (χ4n) is 3.01. The zero-order valence-corrected chi connectivity index (χ0v) is 11.7. The molecule has 1 N–H and O–H groups in total. The normalized spacial score (nSPS) is 25.5. The van der Waals surface area contributed by atoms with E-state index in [0.717, 1.165) is 37.7 Å². The van der Waals surface area contributed by atoms with Crippen molar-refractivity contribution in [3.8, 4) is 0 Å². The molecule has 19 heavy (non-hydrogen) atoms. The molecule has 0 saturated carbocycles. The molecule has 0 amide bonds. The van der Waals surface area contributed by atoms with Crippen LogP contribution in [0.4, 0.5) is 5.82 Å². The first-order valence-corrected chi connectivity index (χ1v) is 7.32. The monoisotopic (exact) mass is 261 g/mol. The number of anilines is 1. The molecule has 2 fully saturated rings. The summed E-state index contributed by atoms with van der Waals surface area (Å²) in [5.41, 5.74) is 1.14. The molecular weight excluding hydrogens is 238 g/mol. The lowest BCUT2D eigenvalue weighted by atomic mass is 10.1. The van der Waals surface area contributed by atoms with Gasteiger partial charge < -0.3 is 15.1 Å². The van der Waals surface area contributed by atoms with Crippen LogP contribution in [0.1, 0.15) is 31.0 Å². The van der Waals surface area contributed by atoms with Crippen molar-refractivity contribution in [2.75, 3.05) is 44.7 Å². The maximum Gasteiger partial charge on any atom is 0.152 e. The summed E-state index contributed by atoms with van der Waals surface area (Å²) < 4.78 is 0. The summed E-state index contributed by atoms with van der Waals surface area (Å²) in [5.74, 6) is 1.09. The Morgan fingerprint density at radius 1 is 1.11 bits per heavy atom. The highest BCUT2D eigenvalue weighted by atomic mass is 15.2. The Balaban J connectivity index is 1.82. The molecule has 0 aliphatic carbocycles. The largest absolute Gasteiger partial charge is 0.354 e. The lowest BCUT2D eigenvalue weighted by Crippen LogP contribution is -2.31. The van der Waals surface area contributed by atoms with Crippen molar-refractivity contribution in [2.24, 2.45) is 0 Å². The molecule has 2 saturated heterocycles. The van der Waals surface area contributed by atoms with Gasteiger partial charge in [0.05, 0.1) is 11.7 Å². The summed E-state index contributed by atoms with van der Waals surface area (Å²) >= 11 is 0. The van der Waals surface area contributed by atoms with Crippen LogP contribution in [0, 0.1) is 0 Å². The highest BCUT2D eigenvalue weighted by molar-refractivity contribution is 5.45. The van der Waals surface area contributed by atoms with Crippen LogP contribution in [-0.4, -0.2) is 54.6 Å². The number of hydrogen-bond acceptors (Lipinski definition) is 5. The summed E-state index contributed by atoms with van der Waals surface area (Å²) in [5, 5.41) is 3.54. The van der Waals surface area contributed by atoms with E-state index in [1.54, 1.807) is 0 Å². The molecule has 3 rings (SSSR count). The van der Waals surface area contributed by atoms with E-state index in [9.17, 15) is 0 Å². The van der Waals surface area contributed by atoms with Crippen LogP contribution >= 0.6 is 0 Å². The fourth-order valence-corrected chi connectivity index (χ4v) is 3.01. The number of likely N-dealkylation sites (N-methyl/N-ethyl adjacent to an activating group) is 1. The molecule has 0 aromatic carbocycles. The Morgan fingerprint density at radius 2 is 2.00 bits per heavy atom. The molecule has 0 bridgehead atoms. The van der Waals surface area contributed by atoms with Crippen LogP contribution in [-0.2, 0) is 0 Å². The van der Waals surface area contributed by atoms with Crippen LogP contribution in [0.5, 0.6) is 0 Å². The van der Waals surface area contributed by atoms with E-state index in [0.29, 0.717) is 6.04 Å². The molecule has 1 atom stereocenters. The second kappa shape index (κ2) is 5.84. The Labute approximate surface area is 115 Å². The topological polar surface area (TPSA) is 44.3 Å². The molecule has 2 aliphatic heterocycles. The van der Waals surface area contributed by atoms with Gasteiger partial charge in [-0.25, -0.2) is 4.98 Å². The molecule has 5 heteroatoms. The summed E-state index contributed by atoms with van der Waals surface area (Å²) in [6, 6.07) is 0.393. The van der Waals surface area contributed by atoms with Gasteiger partial charge in [-0.1, -0.05) is 0 Å². The fraction of sp³-hybridized carbons (Fsp3) is 0.714. The minimum atomic E-state index is 0.393. The maximum atomic E-state index is 4.62. The third kappa shape index (κ3) is 2.87. The van der Waals surface area contributed by atoms with Crippen molar-refractivity contribution in [3.05, 3.63) is 18.1 Å². The van der Waals surface area contributed by atoms with E-state index in [-0.39, 0.29) is 0 Å². The number of hydrogen-bond donors (Lipinski definition) is 1. The van der Waals surface area contributed by atoms with Crippen molar-refractivity contribution in [3.63, 3.8) is 0 Å². The van der Waals surface area contributed by atoms with E-state index in [1.807, 2.05) is 12.4 Å². The van der Waals surface area contributed by atoms with Crippen LogP contribution in [0.25, 0.3) is 0 Å². The Hall–Kier alpha value is -1.20. The maximum absolute atomic E-state index is 4.62. The van der Waals surface area contributed by atoms with Crippen LogP contribution in [0.15, 0.2) is 12.4 Å². The molecular formula is C14H23N5. The van der Waals surface area contributed by atoms with E-state index >= 15 is 0 Å². The zero-order chi connectivity index (χ0) is 13.1. The third-order valence-corrected chi connectivity index (χ3v) is 4.12. The molecule has 5 nitrogen and oxygen atoms in total. The predicted molar refractivity (Wildman–Crippen MR) is 76.3 cm³/mol. The van der Waals surface area contributed by atoms with Crippen LogP contribution < -0.4 is 10.2 Å². The van der Waals surface area contributed by atoms with Crippen LogP contribution in [0.3, 0.4) is 0 Å². The molecule has 1 aromatic heterocycles. The van der Waals surface area contributed by atoms with Crippen molar-refractivity contribution >= 4 is 5.82 Å². The van der Waals surface area contributed by atoms with Gasteiger partial charge in [-0.2, -0.15) is 0 Å². The van der Waals surface area contributed by atoms with E-state index in [1.165, 1.54) is 25.8 Å². The van der Waals surface area contributed by atoms with Crippen molar-refractivity contribution in [1.82, 2.24) is 20.2 Å². The molecule has 3 heterocycles. The summed E-state index contributed by atoms with van der Waals surface area (Å²) in [7, 11) is 2.19. The average molecular weight is 261 g/mol. The number of nitrogens with one attached hydrogen (secondary N) is 1. The quantitative estimate of drug-likeness (QED) is 0.862. The zero-order valence-electron chi connectivity index (χ0n) is 11.7. The second-order valence-electron chi connectivity index (χ2n) is 5.56. The van der Waals surface area contributed by atoms with Crippen molar-refractivity contribution < 1.29 is 0 Å². The van der Waals surface area contributed by atoms with Gasteiger partial charge >= 0.3 is 0 Å². The SMILES string of the molecule is CN1CCCN(c2nccnc2C2CCCN2)CC1. The summed E-state index contributed by atoms with van der Waals surface area (Å²) in [6.07, 6.45) is 7.26. The van der Waals surface area contributed by atoms with E-state index in [2.05, 4.69) is 32.1 Å². The first kappa shape index (κ1) is 12.8. The molecule has 0 spiro atoms. The lowest BCUT2D eigenvalue weighted by Gasteiger charge is -2.25. The molecule has 1 unspecified atom stereocenters. The first-order valence-electron chi connectivity index (χ1n) is 7.32. The van der Waals surface area contributed by atoms with Gasteiger partial charge in [0.15, 0.2) is 5.82 Å². The summed E-state index contributed by atoms with van der Waals surface area (Å²) in [6.45, 7) is 5.52. The molecule has 0 radical (unpaired) electrons. The highest BCUT2D eigenvalue weighted by Gasteiger charge is 2.24. The minimum absolute atomic E-state index is 0.393. The highest BCUT2D eigenvalue weighted by Crippen LogP contribution is 2.28. The molecule has 2 aliphatic rings. The lowest BCUT2D eigenvalue weighted by molar-refractivity contribution is 0.360. The molecule has 1 aromatic rings. The average Bonchev–Trinajstić information content (AvgIpc) is 2.88. The van der Waals surface area contributed by atoms with Gasteiger partial charge in [-0.3, -0.25) is 4.98 Å². The predicted octanol–water partition coefficient (Wildman–Crippen LogP) is 1.04. The van der Waals surface area contributed by atoms with Gasteiger partial charge in [0, 0.05) is 32.0 Å². The van der Waals surface area contributed by atoms with Gasteiger partial charge in [-0.15, -0.1) is 0 Å². The van der Waals surface area contributed by atoms with Gasteiger partial charge in [0.1, 0.15) is 0 Å². The van der Waals surface area contributed by atoms with Gasteiger partial charge in [-0.05, 0) is 39.4 Å². The van der Waals surface area contributed by atoms with E-state index < -0.39 is 0 Å². The van der Waals surface area contributed by atoms with Crippen LogP contribution in [0.2, 0.25) is 0 Å². The Kier molecular flexibility index (Phi) is 3.94. The number of rotatable bonds is 2. The van der Waals surface area contributed by atoms with E-state index in [4.69, 9.17) is 0 Å². The van der Waals surface area contributed by atoms with Crippen molar-refractivity contribution in [2.45, 2.75) is 25.3 Å². The first-order chi connectivity index (χ1) is 9.34. The third-order valence-electron chi connectivity index (χ3n) is 4.12. The van der Waals surface area contributed by atoms with Gasteiger partial charge in [0.25, 0.3) is 0 Å². The Morgan fingerprint density at radius 3 is 2.84 bits per heavy atom. The second-order valence-corrected chi connectivity index (χ2v) is 5.56. The van der Waals surface area contributed by atoms with Gasteiger partial charge in [0.2, 0.25) is 0 Å². The smallest absolute Gasteiger partial charge is 0.152 e. The summed E-state index contributed by atoms with van der Waals surface area (Å²) in [4.78, 5) is 14.0. The number of aromatic nitrogens is 2. The molecule has 104 valence electrons. The van der Waals surface area contributed by atoms with Crippen molar-refractivity contribution in [1.29, 1.82) is 0 Å². The minimum Gasteiger partial charge on any atom is -0.354 e. The Bertz CT molecular complexity index is 416. The standard InChI is InChI=1S/C14H23N5/c1-18-8-3-9-19(11-10-18)14-13(16-6-7-17-14)12-4-2-5-15-12/h6-7,12,15H,2-5,8-11H2,1H3.